The maximum atomic E-state index is 12.6. The molecule has 21 heavy (non-hydrogen) atoms. The van der Waals surface area contributed by atoms with Gasteiger partial charge in [-0.3, -0.25) is 4.79 Å². The van der Waals surface area contributed by atoms with Gasteiger partial charge < -0.3 is 10.2 Å². The highest BCUT2D eigenvalue weighted by atomic mass is 32.2. The molecule has 1 N–H and O–H groups in total. The molecule has 2 aliphatic heterocycles. The van der Waals surface area contributed by atoms with Crippen molar-refractivity contribution in [1.82, 2.24) is 10.2 Å². The molecule has 0 aliphatic carbocycles. The standard InChI is InChI=1S/C17H24N2OS/c1-21-12-14-2-4-15(5-3-14)16(20)19-10-7-17(8-11-19)6-9-18-13-17/h2-5,18H,6-13H2,1H3. The van der Waals surface area contributed by atoms with E-state index < -0.39 is 0 Å². The zero-order valence-corrected chi connectivity index (χ0v) is 13.5. The monoisotopic (exact) mass is 304 g/mol. The SMILES string of the molecule is CSCc1ccc(C(=O)N2CCC3(CCNC3)CC2)cc1. The van der Waals surface area contributed by atoms with Crippen LogP contribution in [0.4, 0.5) is 0 Å². The Hall–Kier alpha value is -1.00. The van der Waals surface area contributed by atoms with Crippen molar-refractivity contribution < 1.29 is 4.79 Å². The predicted molar refractivity (Wildman–Crippen MR) is 88.7 cm³/mol. The molecule has 2 fully saturated rings. The summed E-state index contributed by atoms with van der Waals surface area (Å²) in [5.41, 5.74) is 2.59. The molecule has 0 saturated carbocycles. The average Bonchev–Trinajstić information content (AvgIpc) is 2.97. The van der Waals surface area contributed by atoms with E-state index in [-0.39, 0.29) is 5.91 Å². The minimum atomic E-state index is 0.200. The molecule has 0 bridgehead atoms. The number of thioether (sulfide) groups is 1. The molecule has 114 valence electrons. The Labute approximate surface area is 131 Å². The van der Waals surface area contributed by atoms with Crippen molar-refractivity contribution in [3.63, 3.8) is 0 Å². The molecule has 4 heteroatoms. The van der Waals surface area contributed by atoms with Crippen molar-refractivity contribution in [3.05, 3.63) is 35.4 Å². The lowest BCUT2D eigenvalue weighted by Crippen LogP contribution is -2.44. The van der Waals surface area contributed by atoms with Gasteiger partial charge in [-0.1, -0.05) is 12.1 Å². The van der Waals surface area contributed by atoms with Gasteiger partial charge in [-0.05, 0) is 55.2 Å². The average molecular weight is 304 g/mol. The van der Waals surface area contributed by atoms with E-state index in [1.807, 2.05) is 17.0 Å². The van der Waals surface area contributed by atoms with E-state index in [2.05, 4.69) is 23.7 Å². The normalized spacial score (nSPS) is 20.9. The minimum Gasteiger partial charge on any atom is -0.339 e. The van der Waals surface area contributed by atoms with Crippen molar-refractivity contribution in [2.75, 3.05) is 32.4 Å². The third kappa shape index (κ3) is 3.27. The molecule has 1 spiro atoms. The van der Waals surface area contributed by atoms with Gasteiger partial charge in [-0.25, -0.2) is 0 Å². The molecule has 0 unspecified atom stereocenters. The quantitative estimate of drug-likeness (QED) is 0.932. The summed E-state index contributed by atoms with van der Waals surface area (Å²) in [6, 6.07) is 8.12. The Morgan fingerprint density at radius 1 is 1.24 bits per heavy atom. The lowest BCUT2D eigenvalue weighted by atomic mass is 9.78. The summed E-state index contributed by atoms with van der Waals surface area (Å²) in [4.78, 5) is 14.6. The molecule has 3 nitrogen and oxygen atoms in total. The van der Waals surface area contributed by atoms with Gasteiger partial charge >= 0.3 is 0 Å². The molecule has 0 radical (unpaired) electrons. The maximum absolute atomic E-state index is 12.6. The second-order valence-electron chi connectivity index (χ2n) is 6.35. The zero-order chi connectivity index (χ0) is 14.7. The van der Waals surface area contributed by atoms with Crippen molar-refractivity contribution >= 4 is 17.7 Å². The third-order valence-electron chi connectivity index (χ3n) is 4.96. The maximum Gasteiger partial charge on any atom is 0.253 e. The lowest BCUT2D eigenvalue weighted by Gasteiger charge is -2.38. The van der Waals surface area contributed by atoms with Crippen LogP contribution in [0.5, 0.6) is 0 Å². The molecular weight excluding hydrogens is 280 g/mol. The molecule has 2 aliphatic rings. The number of carbonyl (C=O) groups excluding carboxylic acids is 1. The summed E-state index contributed by atoms with van der Waals surface area (Å²) in [6.07, 6.45) is 5.67. The van der Waals surface area contributed by atoms with E-state index in [9.17, 15) is 4.79 Å². The smallest absolute Gasteiger partial charge is 0.253 e. The predicted octanol–water partition coefficient (Wildman–Crippen LogP) is 2.77. The second kappa shape index (κ2) is 6.41. The van der Waals surface area contributed by atoms with Gasteiger partial charge in [0.25, 0.3) is 5.91 Å². The number of piperidine rings is 1. The Bertz CT molecular complexity index is 484. The first kappa shape index (κ1) is 14.9. The van der Waals surface area contributed by atoms with Gasteiger partial charge in [-0.2, -0.15) is 11.8 Å². The summed E-state index contributed by atoms with van der Waals surface area (Å²) >= 11 is 1.81. The highest BCUT2D eigenvalue weighted by molar-refractivity contribution is 7.97. The van der Waals surface area contributed by atoms with E-state index >= 15 is 0 Å². The summed E-state index contributed by atoms with van der Waals surface area (Å²) < 4.78 is 0. The number of hydrogen-bond acceptors (Lipinski definition) is 3. The Morgan fingerprint density at radius 3 is 2.52 bits per heavy atom. The molecule has 0 atom stereocenters. The molecule has 3 rings (SSSR count). The minimum absolute atomic E-state index is 0.200. The van der Waals surface area contributed by atoms with Gasteiger partial charge in [0.15, 0.2) is 0 Å². The second-order valence-corrected chi connectivity index (χ2v) is 7.21. The van der Waals surface area contributed by atoms with E-state index in [1.54, 1.807) is 11.8 Å². The highest BCUT2D eigenvalue weighted by Gasteiger charge is 2.38. The largest absolute Gasteiger partial charge is 0.339 e. The van der Waals surface area contributed by atoms with E-state index in [1.165, 1.54) is 12.0 Å². The van der Waals surface area contributed by atoms with Crippen molar-refractivity contribution in [3.8, 4) is 0 Å². The molecule has 1 amide bonds. The van der Waals surface area contributed by atoms with Crippen LogP contribution >= 0.6 is 11.8 Å². The van der Waals surface area contributed by atoms with Crippen LogP contribution in [0.15, 0.2) is 24.3 Å². The van der Waals surface area contributed by atoms with E-state index in [0.717, 1.165) is 50.3 Å². The Morgan fingerprint density at radius 2 is 1.95 bits per heavy atom. The molecule has 2 saturated heterocycles. The van der Waals surface area contributed by atoms with Crippen molar-refractivity contribution in [1.29, 1.82) is 0 Å². The van der Waals surface area contributed by atoms with E-state index in [0.29, 0.717) is 5.41 Å². The molecule has 1 aromatic carbocycles. The number of nitrogens with zero attached hydrogens (tertiary/aromatic N) is 1. The number of rotatable bonds is 3. The van der Waals surface area contributed by atoms with Crippen LogP contribution in [0.1, 0.15) is 35.2 Å². The number of hydrogen-bond donors (Lipinski definition) is 1. The van der Waals surface area contributed by atoms with Crippen LogP contribution in [0.25, 0.3) is 0 Å². The summed E-state index contributed by atoms with van der Waals surface area (Å²) in [5, 5.41) is 3.47. The lowest BCUT2D eigenvalue weighted by molar-refractivity contribution is 0.0607. The number of benzene rings is 1. The first-order valence-electron chi connectivity index (χ1n) is 7.80. The first-order valence-corrected chi connectivity index (χ1v) is 9.20. The molecule has 0 aromatic heterocycles. The third-order valence-corrected chi connectivity index (χ3v) is 5.58. The van der Waals surface area contributed by atoms with Gasteiger partial charge in [0.2, 0.25) is 0 Å². The van der Waals surface area contributed by atoms with Crippen LogP contribution in [0.3, 0.4) is 0 Å². The van der Waals surface area contributed by atoms with E-state index in [4.69, 9.17) is 0 Å². The summed E-state index contributed by atoms with van der Waals surface area (Å²) in [5.74, 6) is 1.21. The van der Waals surface area contributed by atoms with Crippen LogP contribution in [0, 0.1) is 5.41 Å². The Kier molecular flexibility index (Phi) is 4.55. The Balaban J connectivity index is 1.60. The number of likely N-dealkylation sites (tertiary alicyclic amines) is 1. The number of carbonyl (C=O) groups is 1. The fourth-order valence-electron chi connectivity index (χ4n) is 3.50. The first-order chi connectivity index (χ1) is 10.2. The van der Waals surface area contributed by atoms with Gasteiger partial charge in [0, 0.05) is 31.0 Å². The fraction of sp³-hybridized carbons (Fsp3) is 0.588. The van der Waals surface area contributed by atoms with Crippen molar-refractivity contribution in [2.24, 2.45) is 5.41 Å². The van der Waals surface area contributed by atoms with Crippen molar-refractivity contribution in [2.45, 2.75) is 25.0 Å². The van der Waals surface area contributed by atoms with Gasteiger partial charge in [0.05, 0.1) is 0 Å². The van der Waals surface area contributed by atoms with Crippen LogP contribution in [-0.2, 0) is 5.75 Å². The zero-order valence-electron chi connectivity index (χ0n) is 12.7. The fourth-order valence-corrected chi connectivity index (χ4v) is 4.02. The van der Waals surface area contributed by atoms with Crippen LogP contribution in [-0.4, -0.2) is 43.2 Å². The highest BCUT2D eigenvalue weighted by Crippen LogP contribution is 2.37. The van der Waals surface area contributed by atoms with Gasteiger partial charge in [0.1, 0.15) is 0 Å². The summed E-state index contributed by atoms with van der Waals surface area (Å²) in [6.45, 7) is 4.10. The summed E-state index contributed by atoms with van der Waals surface area (Å²) in [7, 11) is 0. The van der Waals surface area contributed by atoms with Crippen LogP contribution in [0.2, 0.25) is 0 Å². The van der Waals surface area contributed by atoms with Crippen LogP contribution < -0.4 is 5.32 Å². The molecule has 1 aromatic rings. The molecular formula is C17H24N2OS. The topological polar surface area (TPSA) is 32.3 Å². The molecule has 2 heterocycles. The number of nitrogens with one attached hydrogen (secondary N) is 1. The van der Waals surface area contributed by atoms with Gasteiger partial charge in [-0.15, -0.1) is 0 Å². The number of amides is 1.